The number of nitrogens with zero attached hydrogens (tertiary/aromatic N) is 4. The molecule has 1 aliphatic rings. The van der Waals surface area contributed by atoms with E-state index >= 15 is 0 Å². The molecule has 2 aromatic rings. The summed E-state index contributed by atoms with van der Waals surface area (Å²) in [6.07, 6.45) is 6.18. The number of hydrogen-bond donors (Lipinski definition) is 1. The number of ether oxygens (including phenoxy) is 1. The van der Waals surface area contributed by atoms with Crippen LogP contribution in [0.5, 0.6) is 0 Å². The Hall–Kier alpha value is -3.33. The van der Waals surface area contributed by atoms with Gasteiger partial charge in [0.05, 0.1) is 12.2 Å². The van der Waals surface area contributed by atoms with Gasteiger partial charge in [0.1, 0.15) is 11.4 Å². The number of rotatable bonds is 7. The predicted molar refractivity (Wildman–Crippen MR) is 113 cm³/mol. The van der Waals surface area contributed by atoms with E-state index in [2.05, 4.69) is 9.97 Å². The molecule has 1 atom stereocenters. The summed E-state index contributed by atoms with van der Waals surface area (Å²) < 4.78 is 18.0. The highest BCUT2D eigenvalue weighted by Gasteiger charge is 2.39. The van der Waals surface area contributed by atoms with E-state index in [1.54, 1.807) is 38.1 Å². The zero-order chi connectivity index (χ0) is 22.4. The van der Waals surface area contributed by atoms with Crippen LogP contribution in [0.3, 0.4) is 0 Å². The second-order valence-electron chi connectivity index (χ2n) is 7.30. The number of carbonyl (C=O) groups excluding carboxylic acids is 1. The topological polar surface area (TPSA) is 95.9 Å². The lowest BCUT2D eigenvalue weighted by atomic mass is 9.97. The Bertz CT molecular complexity index is 941. The van der Waals surface area contributed by atoms with Crippen LogP contribution in [0.2, 0.25) is 0 Å². The van der Waals surface area contributed by atoms with Gasteiger partial charge in [-0.3, -0.25) is 4.90 Å². The second-order valence-corrected chi connectivity index (χ2v) is 7.30. The Morgan fingerprint density at radius 3 is 2.32 bits per heavy atom. The van der Waals surface area contributed by atoms with Crippen molar-refractivity contribution >= 4 is 24.0 Å². The number of aliphatic carboxylic acids is 1. The number of carboxylic acids is 1. The van der Waals surface area contributed by atoms with Gasteiger partial charge in [-0.1, -0.05) is 24.3 Å². The van der Waals surface area contributed by atoms with Crippen molar-refractivity contribution in [2.45, 2.75) is 19.4 Å². The molecule has 8 nitrogen and oxygen atoms in total. The Kier molecular flexibility index (Phi) is 6.96. The molecule has 1 aromatic carbocycles. The summed E-state index contributed by atoms with van der Waals surface area (Å²) in [4.78, 5) is 36.1. The van der Waals surface area contributed by atoms with Crippen LogP contribution in [0.15, 0.2) is 42.7 Å². The number of anilines is 1. The van der Waals surface area contributed by atoms with Crippen molar-refractivity contribution in [2.24, 2.45) is 0 Å². The first-order valence-corrected chi connectivity index (χ1v) is 10.0. The van der Waals surface area contributed by atoms with Crippen molar-refractivity contribution in [2.75, 3.05) is 37.7 Å². The molecule has 31 heavy (non-hydrogen) atoms. The smallest absolute Gasteiger partial charge is 0.341 e. The van der Waals surface area contributed by atoms with Crippen molar-refractivity contribution in [1.82, 2.24) is 14.9 Å². The maximum Gasteiger partial charge on any atom is 0.341 e. The minimum atomic E-state index is -1.21. The molecule has 164 valence electrons. The van der Waals surface area contributed by atoms with E-state index in [1.165, 1.54) is 24.5 Å². The molecule has 1 N–H and O–H groups in total. The van der Waals surface area contributed by atoms with Gasteiger partial charge in [0.2, 0.25) is 5.95 Å². The lowest BCUT2D eigenvalue weighted by molar-refractivity contribution is -0.147. The predicted octanol–water partition coefficient (Wildman–Crippen LogP) is 2.47. The fourth-order valence-electron chi connectivity index (χ4n) is 3.32. The lowest BCUT2D eigenvalue weighted by Crippen LogP contribution is -2.58. The number of piperazine rings is 1. The van der Waals surface area contributed by atoms with Crippen LogP contribution in [-0.2, 0) is 9.53 Å². The number of carboxylic acid groups (broad SMARTS) is 1. The number of esters is 1. The van der Waals surface area contributed by atoms with Crippen LogP contribution in [0.25, 0.3) is 6.08 Å². The highest BCUT2D eigenvalue weighted by molar-refractivity contribution is 5.88. The number of benzene rings is 1. The van der Waals surface area contributed by atoms with Crippen molar-refractivity contribution in [3.63, 3.8) is 0 Å². The molecular weight excluding hydrogens is 403 g/mol. The van der Waals surface area contributed by atoms with E-state index in [1.807, 2.05) is 9.80 Å². The fraction of sp³-hybridized carbons (Fsp3) is 0.364. The van der Waals surface area contributed by atoms with E-state index in [0.717, 1.165) is 5.56 Å². The Labute approximate surface area is 180 Å². The molecular formula is C22H25FN4O4. The molecule has 0 radical (unpaired) electrons. The Morgan fingerprint density at radius 2 is 1.77 bits per heavy atom. The van der Waals surface area contributed by atoms with Crippen LogP contribution in [0.1, 0.15) is 29.8 Å². The second kappa shape index (κ2) is 9.65. The van der Waals surface area contributed by atoms with Gasteiger partial charge in [-0.15, -0.1) is 0 Å². The Morgan fingerprint density at radius 1 is 1.16 bits per heavy atom. The number of aromatic nitrogens is 2. The maximum absolute atomic E-state index is 13.1. The van der Waals surface area contributed by atoms with Crippen LogP contribution in [0.4, 0.5) is 10.3 Å². The van der Waals surface area contributed by atoms with E-state index in [0.29, 0.717) is 32.1 Å². The molecule has 0 spiro atoms. The molecule has 0 bridgehead atoms. The minimum Gasteiger partial charge on any atom is -0.480 e. The van der Waals surface area contributed by atoms with E-state index in [9.17, 15) is 19.1 Å². The molecule has 0 amide bonds. The molecule has 1 unspecified atom stereocenters. The molecule has 0 saturated carbocycles. The highest BCUT2D eigenvalue weighted by Crippen LogP contribution is 2.23. The first-order valence-electron chi connectivity index (χ1n) is 10.0. The molecule has 1 aromatic heterocycles. The summed E-state index contributed by atoms with van der Waals surface area (Å²) in [5.74, 6) is -1.29. The van der Waals surface area contributed by atoms with Gasteiger partial charge < -0.3 is 14.7 Å². The average molecular weight is 428 g/mol. The molecule has 1 fully saturated rings. The average Bonchev–Trinajstić information content (AvgIpc) is 2.79. The summed E-state index contributed by atoms with van der Waals surface area (Å²) in [5, 5.41) is 9.88. The molecule has 2 heterocycles. The summed E-state index contributed by atoms with van der Waals surface area (Å²) >= 11 is 0. The molecule has 3 rings (SSSR count). The third-order valence-corrected chi connectivity index (χ3v) is 5.27. The minimum absolute atomic E-state index is 0.278. The summed E-state index contributed by atoms with van der Waals surface area (Å²) in [5.41, 5.74) is -0.203. The maximum atomic E-state index is 13.1. The van der Waals surface area contributed by atoms with Gasteiger partial charge >= 0.3 is 11.9 Å². The zero-order valence-corrected chi connectivity index (χ0v) is 17.5. The third kappa shape index (κ3) is 5.24. The normalized spacial score (nSPS) is 16.8. The van der Waals surface area contributed by atoms with Crippen molar-refractivity contribution in [1.29, 1.82) is 0 Å². The van der Waals surface area contributed by atoms with Crippen molar-refractivity contribution < 1.29 is 23.8 Å². The van der Waals surface area contributed by atoms with Gasteiger partial charge in [0.15, 0.2) is 0 Å². The van der Waals surface area contributed by atoms with Crippen molar-refractivity contribution in [3.05, 3.63) is 59.7 Å². The number of halogens is 1. The largest absolute Gasteiger partial charge is 0.480 e. The van der Waals surface area contributed by atoms with Gasteiger partial charge in [-0.25, -0.2) is 23.9 Å². The quantitative estimate of drug-likeness (QED) is 0.672. The lowest BCUT2D eigenvalue weighted by Gasteiger charge is -2.42. The monoisotopic (exact) mass is 428 g/mol. The highest BCUT2D eigenvalue weighted by atomic mass is 19.1. The zero-order valence-electron chi connectivity index (χ0n) is 17.5. The van der Waals surface area contributed by atoms with Gasteiger partial charge in [-0.05, 0) is 31.5 Å². The summed E-state index contributed by atoms with van der Waals surface area (Å²) in [6, 6.07) is 5.88. The van der Waals surface area contributed by atoms with Gasteiger partial charge in [0, 0.05) is 38.6 Å². The van der Waals surface area contributed by atoms with Crippen molar-refractivity contribution in [3.8, 4) is 0 Å². The van der Waals surface area contributed by atoms with E-state index in [4.69, 9.17) is 4.74 Å². The third-order valence-electron chi connectivity index (χ3n) is 5.27. The molecule has 1 aliphatic heterocycles. The van der Waals surface area contributed by atoms with Gasteiger partial charge in [0.25, 0.3) is 0 Å². The van der Waals surface area contributed by atoms with Crippen LogP contribution in [0, 0.1) is 5.82 Å². The summed E-state index contributed by atoms with van der Waals surface area (Å²) in [6.45, 7) is 5.69. The van der Waals surface area contributed by atoms with E-state index < -0.39 is 17.5 Å². The van der Waals surface area contributed by atoms with Gasteiger partial charge in [-0.2, -0.15) is 0 Å². The molecule has 0 aliphatic carbocycles. The number of hydrogen-bond acceptors (Lipinski definition) is 7. The molecule has 1 saturated heterocycles. The summed E-state index contributed by atoms with van der Waals surface area (Å²) in [7, 11) is 0. The standard InChI is InChI=1S/C22H25FN4O4/c1-3-31-19(28)17-14-24-21(25-15-17)26-10-12-27(13-11-26)22(2,20(29)30)9-8-16-4-6-18(23)7-5-16/h4-9,14-15H,3,10-13H2,1-2H3,(H,29,30)/b9-8+. The fourth-order valence-corrected chi connectivity index (χ4v) is 3.32. The first kappa shape index (κ1) is 22.4. The SMILES string of the molecule is CCOC(=O)c1cnc(N2CCN(C(C)(/C=C/c3ccc(F)cc3)C(=O)O)CC2)nc1. The van der Waals surface area contributed by atoms with Crippen LogP contribution < -0.4 is 4.90 Å². The van der Waals surface area contributed by atoms with Crippen LogP contribution in [-0.4, -0.2) is 70.2 Å². The van der Waals surface area contributed by atoms with E-state index in [-0.39, 0.29) is 18.0 Å². The van der Waals surface area contributed by atoms with Crippen LogP contribution >= 0.6 is 0 Å². The first-order chi connectivity index (χ1) is 14.8. The number of carbonyl (C=O) groups is 2. The molecule has 9 heteroatoms. The Balaban J connectivity index is 1.66.